The van der Waals surface area contributed by atoms with E-state index in [1.54, 1.807) is 6.92 Å². The van der Waals surface area contributed by atoms with E-state index in [2.05, 4.69) is 6.92 Å². The van der Waals surface area contributed by atoms with Gasteiger partial charge in [0.05, 0.1) is 0 Å². The highest BCUT2D eigenvalue weighted by molar-refractivity contribution is 5.85. The number of para-hydroxylation sites is 1. The van der Waals surface area contributed by atoms with E-state index in [9.17, 15) is 4.79 Å². The van der Waals surface area contributed by atoms with E-state index in [0.29, 0.717) is 12.5 Å². The molecule has 1 aromatic carbocycles. The molecule has 0 aliphatic carbocycles. The van der Waals surface area contributed by atoms with Crippen molar-refractivity contribution in [3.63, 3.8) is 0 Å². The summed E-state index contributed by atoms with van der Waals surface area (Å²) >= 11 is 0. The number of hydrogen-bond acceptors (Lipinski definition) is 3. The maximum absolute atomic E-state index is 12.5. The molecule has 118 valence electrons. The monoisotopic (exact) mass is 312 g/mol. The lowest BCUT2D eigenvalue weighted by Gasteiger charge is -2.39. The number of carbonyl (C=O) groups is 1. The summed E-state index contributed by atoms with van der Waals surface area (Å²) in [6.45, 7) is 5.33. The first-order chi connectivity index (χ1) is 9.61. The lowest BCUT2D eigenvalue weighted by molar-refractivity contribution is -0.142. The lowest BCUT2D eigenvalue weighted by Crippen LogP contribution is -2.52. The Hall–Kier alpha value is -1.26. The van der Waals surface area contributed by atoms with Crippen LogP contribution in [0.1, 0.15) is 26.7 Å². The van der Waals surface area contributed by atoms with Gasteiger partial charge in [-0.15, -0.1) is 12.4 Å². The number of piperidine rings is 1. The molecule has 1 saturated heterocycles. The second-order valence-electron chi connectivity index (χ2n) is 5.62. The van der Waals surface area contributed by atoms with Gasteiger partial charge in [-0.3, -0.25) is 4.79 Å². The number of nitrogens with two attached hydrogens (primary N) is 1. The number of nitrogens with zero attached hydrogens (tertiary/aromatic N) is 1. The van der Waals surface area contributed by atoms with E-state index in [-0.39, 0.29) is 24.4 Å². The number of carbonyl (C=O) groups excluding carboxylic acids is 1. The van der Waals surface area contributed by atoms with Crippen LogP contribution in [0.3, 0.4) is 0 Å². The normalized spacial score (nSPS) is 23.1. The highest BCUT2D eigenvalue weighted by Crippen LogP contribution is 2.23. The van der Waals surface area contributed by atoms with Crippen LogP contribution < -0.4 is 10.5 Å². The zero-order chi connectivity index (χ0) is 14.5. The van der Waals surface area contributed by atoms with Crippen molar-refractivity contribution < 1.29 is 9.53 Å². The summed E-state index contributed by atoms with van der Waals surface area (Å²) in [5.41, 5.74) is 5.81. The van der Waals surface area contributed by atoms with E-state index in [1.807, 2.05) is 35.2 Å². The fourth-order valence-corrected chi connectivity index (χ4v) is 2.75. The molecule has 0 aromatic heterocycles. The Morgan fingerprint density at radius 3 is 2.71 bits per heavy atom. The molecule has 1 aliphatic rings. The molecular formula is C16H25ClN2O2. The summed E-state index contributed by atoms with van der Waals surface area (Å²) < 4.78 is 5.72. The Bertz CT molecular complexity index is 441. The molecule has 0 bridgehead atoms. The molecule has 5 heteroatoms. The van der Waals surface area contributed by atoms with Gasteiger partial charge in [-0.25, -0.2) is 0 Å². The minimum atomic E-state index is -0.472. The zero-order valence-electron chi connectivity index (χ0n) is 12.7. The molecule has 1 aromatic rings. The van der Waals surface area contributed by atoms with Gasteiger partial charge in [-0.1, -0.05) is 25.1 Å². The molecule has 3 atom stereocenters. The van der Waals surface area contributed by atoms with Crippen molar-refractivity contribution in [1.82, 2.24) is 4.90 Å². The van der Waals surface area contributed by atoms with Gasteiger partial charge >= 0.3 is 0 Å². The number of benzene rings is 1. The smallest absolute Gasteiger partial charge is 0.263 e. The lowest BCUT2D eigenvalue weighted by atomic mass is 9.92. The summed E-state index contributed by atoms with van der Waals surface area (Å²) in [5, 5.41) is 0. The van der Waals surface area contributed by atoms with Crippen LogP contribution in [0.4, 0.5) is 0 Å². The van der Waals surface area contributed by atoms with Crippen molar-refractivity contribution in [3.8, 4) is 5.75 Å². The Kier molecular flexibility index (Phi) is 6.99. The number of halogens is 1. The van der Waals surface area contributed by atoms with Crippen LogP contribution in [0.15, 0.2) is 30.3 Å². The zero-order valence-corrected chi connectivity index (χ0v) is 13.5. The van der Waals surface area contributed by atoms with Crippen LogP contribution in [0.2, 0.25) is 0 Å². The van der Waals surface area contributed by atoms with Gasteiger partial charge in [0, 0.05) is 19.1 Å². The first-order valence-corrected chi connectivity index (χ1v) is 7.34. The average molecular weight is 313 g/mol. The van der Waals surface area contributed by atoms with Gasteiger partial charge in [-0.2, -0.15) is 0 Å². The second kappa shape index (κ2) is 8.25. The van der Waals surface area contributed by atoms with Crippen LogP contribution in [-0.2, 0) is 4.79 Å². The third kappa shape index (κ3) is 4.61. The standard InChI is InChI=1S/C16H24N2O2.ClH/c1-12-8-9-18(14(10-12)11-17)16(19)13(2)20-15-6-4-3-5-7-15;/h3-7,12-14H,8-11,17H2,1-2H3;1H. The van der Waals surface area contributed by atoms with Crippen molar-refractivity contribution in [1.29, 1.82) is 0 Å². The minimum Gasteiger partial charge on any atom is -0.481 e. The van der Waals surface area contributed by atoms with E-state index < -0.39 is 6.10 Å². The average Bonchev–Trinajstić information content (AvgIpc) is 2.47. The highest BCUT2D eigenvalue weighted by Gasteiger charge is 2.32. The van der Waals surface area contributed by atoms with Gasteiger partial charge in [0.25, 0.3) is 5.91 Å². The number of hydrogen-bond donors (Lipinski definition) is 1. The van der Waals surface area contributed by atoms with Crippen molar-refractivity contribution in [3.05, 3.63) is 30.3 Å². The van der Waals surface area contributed by atoms with Crippen molar-refractivity contribution >= 4 is 18.3 Å². The van der Waals surface area contributed by atoms with Crippen LogP contribution in [0, 0.1) is 5.92 Å². The maximum Gasteiger partial charge on any atom is 0.263 e. The largest absolute Gasteiger partial charge is 0.481 e. The molecule has 1 fully saturated rings. The molecule has 1 amide bonds. The first kappa shape index (κ1) is 17.8. The third-order valence-corrected chi connectivity index (χ3v) is 3.94. The van der Waals surface area contributed by atoms with E-state index in [4.69, 9.17) is 10.5 Å². The van der Waals surface area contributed by atoms with Crippen molar-refractivity contribution in [2.45, 2.75) is 38.8 Å². The molecule has 0 saturated carbocycles. The number of likely N-dealkylation sites (tertiary alicyclic amines) is 1. The highest BCUT2D eigenvalue weighted by atomic mass is 35.5. The number of rotatable bonds is 4. The van der Waals surface area contributed by atoms with Crippen LogP contribution >= 0.6 is 12.4 Å². The van der Waals surface area contributed by atoms with Crippen LogP contribution in [0.25, 0.3) is 0 Å². The van der Waals surface area contributed by atoms with Gasteiger partial charge < -0.3 is 15.4 Å². The SMILES string of the molecule is CC1CCN(C(=O)C(C)Oc2ccccc2)C(CN)C1.Cl. The van der Waals surface area contributed by atoms with Gasteiger partial charge in [0.2, 0.25) is 0 Å². The van der Waals surface area contributed by atoms with Gasteiger partial charge in [0.1, 0.15) is 5.75 Å². The molecule has 21 heavy (non-hydrogen) atoms. The summed E-state index contributed by atoms with van der Waals surface area (Å²) in [5.74, 6) is 1.40. The molecule has 3 unspecified atom stereocenters. The fourth-order valence-electron chi connectivity index (χ4n) is 2.75. The summed E-state index contributed by atoms with van der Waals surface area (Å²) in [6.07, 6.45) is 1.56. The number of amides is 1. The molecule has 2 rings (SSSR count). The minimum absolute atomic E-state index is 0. The Morgan fingerprint density at radius 1 is 1.43 bits per heavy atom. The van der Waals surface area contributed by atoms with Crippen molar-refractivity contribution in [2.75, 3.05) is 13.1 Å². The molecule has 4 nitrogen and oxygen atoms in total. The summed E-state index contributed by atoms with van der Waals surface area (Å²) in [6, 6.07) is 9.60. The quantitative estimate of drug-likeness (QED) is 0.929. The molecule has 2 N–H and O–H groups in total. The molecule has 1 aliphatic heterocycles. The van der Waals surface area contributed by atoms with Crippen molar-refractivity contribution in [2.24, 2.45) is 11.7 Å². The second-order valence-corrected chi connectivity index (χ2v) is 5.62. The van der Waals surface area contributed by atoms with E-state index in [0.717, 1.165) is 25.1 Å². The Balaban J connectivity index is 0.00000220. The molecule has 0 radical (unpaired) electrons. The molecule has 1 heterocycles. The van der Waals surface area contributed by atoms with Gasteiger partial charge in [-0.05, 0) is 37.8 Å². The summed E-state index contributed by atoms with van der Waals surface area (Å²) in [4.78, 5) is 14.4. The van der Waals surface area contributed by atoms with Crippen LogP contribution in [0.5, 0.6) is 5.75 Å². The third-order valence-electron chi connectivity index (χ3n) is 3.94. The summed E-state index contributed by atoms with van der Waals surface area (Å²) in [7, 11) is 0. The predicted molar refractivity (Wildman–Crippen MR) is 86.7 cm³/mol. The fraction of sp³-hybridized carbons (Fsp3) is 0.562. The number of ether oxygens (including phenoxy) is 1. The molecular weight excluding hydrogens is 288 g/mol. The Labute approximate surface area is 133 Å². The topological polar surface area (TPSA) is 55.6 Å². The van der Waals surface area contributed by atoms with E-state index >= 15 is 0 Å². The van der Waals surface area contributed by atoms with Crippen LogP contribution in [-0.4, -0.2) is 36.0 Å². The maximum atomic E-state index is 12.5. The predicted octanol–water partition coefficient (Wildman–Crippen LogP) is 2.46. The Morgan fingerprint density at radius 2 is 2.10 bits per heavy atom. The van der Waals surface area contributed by atoms with E-state index in [1.165, 1.54) is 0 Å². The first-order valence-electron chi connectivity index (χ1n) is 7.34. The molecule has 0 spiro atoms. The van der Waals surface area contributed by atoms with Gasteiger partial charge in [0.15, 0.2) is 6.10 Å².